The van der Waals surface area contributed by atoms with Crippen molar-refractivity contribution < 1.29 is 21.6 Å². The molecule has 0 atom stereocenters. The van der Waals surface area contributed by atoms with E-state index >= 15 is 4.39 Å². The Morgan fingerprint density at radius 2 is 1.76 bits per heavy atom. The van der Waals surface area contributed by atoms with Gasteiger partial charge in [-0.1, -0.05) is 18.2 Å². The van der Waals surface area contributed by atoms with Crippen LogP contribution in [0.15, 0.2) is 53.5 Å². The number of sulfonamides is 1. The molecule has 2 aromatic heterocycles. The summed E-state index contributed by atoms with van der Waals surface area (Å²) >= 11 is 0. The van der Waals surface area contributed by atoms with E-state index in [9.17, 15) is 22.0 Å². The smallest absolute Gasteiger partial charge is 0.278 e. The molecule has 0 saturated heterocycles. The minimum Gasteiger partial charge on any atom is -0.351 e. The highest BCUT2D eigenvalue weighted by atomic mass is 32.2. The maximum Gasteiger partial charge on any atom is 0.278 e. The Morgan fingerprint density at radius 3 is 2.40 bits per heavy atom. The lowest BCUT2D eigenvalue weighted by Crippen LogP contribution is -2.39. The third kappa shape index (κ3) is 7.61. The van der Waals surface area contributed by atoms with Crippen LogP contribution in [0.2, 0.25) is 0 Å². The van der Waals surface area contributed by atoms with Crippen molar-refractivity contribution in [2.45, 2.75) is 63.4 Å². The average Bonchev–Trinajstić information content (AvgIpc) is 2.99. The zero-order valence-corrected chi connectivity index (χ0v) is 26.1. The Morgan fingerprint density at radius 1 is 1.04 bits per heavy atom. The van der Waals surface area contributed by atoms with Gasteiger partial charge in [-0.15, -0.1) is 0 Å². The lowest BCUT2D eigenvalue weighted by molar-refractivity contribution is 0.174. The van der Waals surface area contributed by atoms with Crippen molar-refractivity contribution >= 4 is 32.8 Å². The standard InChI is InChI=1S/C31H36F3N7O3S/c1-19(2)41-29-27(17-35-31(38-29)36-23-9-11-24(12-10-23)40(3)15-14-32)37-28(30(41)42)21-6-13-26(25(34)16-21)39-45(43,44)18-20-4-7-22(33)8-5-20/h4-8,13,16-17,19,23-24,39H,9-12,14-15,18H2,1-3H3,(H,35,36,38). The van der Waals surface area contributed by atoms with Crippen LogP contribution in [0.4, 0.5) is 24.8 Å². The van der Waals surface area contributed by atoms with Gasteiger partial charge < -0.3 is 10.2 Å². The van der Waals surface area contributed by atoms with Gasteiger partial charge in [0.1, 0.15) is 29.5 Å². The quantitative estimate of drug-likeness (QED) is 0.227. The largest absolute Gasteiger partial charge is 0.351 e. The predicted molar refractivity (Wildman–Crippen MR) is 168 cm³/mol. The number of hydrogen-bond acceptors (Lipinski definition) is 8. The Labute approximate surface area is 259 Å². The van der Waals surface area contributed by atoms with Crippen molar-refractivity contribution in [2.75, 3.05) is 30.3 Å². The molecule has 45 heavy (non-hydrogen) atoms. The van der Waals surface area contributed by atoms with Gasteiger partial charge in [-0.3, -0.25) is 14.1 Å². The normalized spacial score (nSPS) is 17.2. The molecule has 2 N–H and O–H groups in total. The van der Waals surface area contributed by atoms with Gasteiger partial charge in [0.25, 0.3) is 5.56 Å². The lowest BCUT2D eigenvalue weighted by atomic mass is 9.90. The van der Waals surface area contributed by atoms with Crippen LogP contribution in [0, 0.1) is 11.6 Å². The van der Waals surface area contributed by atoms with Gasteiger partial charge in [-0.25, -0.2) is 31.6 Å². The highest BCUT2D eigenvalue weighted by Gasteiger charge is 2.25. The lowest BCUT2D eigenvalue weighted by Gasteiger charge is -2.34. The summed E-state index contributed by atoms with van der Waals surface area (Å²) in [7, 11) is -2.07. The summed E-state index contributed by atoms with van der Waals surface area (Å²) in [6.45, 7) is 3.71. The first kappa shape index (κ1) is 32.4. The van der Waals surface area contributed by atoms with E-state index in [2.05, 4.69) is 29.9 Å². The molecule has 240 valence electrons. The second-order valence-corrected chi connectivity index (χ2v) is 13.4. The molecular weight excluding hydrogens is 607 g/mol. The number of anilines is 2. The minimum atomic E-state index is -4.01. The number of nitrogens with zero attached hydrogens (tertiary/aromatic N) is 5. The number of halogens is 3. The maximum absolute atomic E-state index is 15.2. The molecule has 0 unspecified atom stereocenters. The van der Waals surface area contributed by atoms with Crippen LogP contribution in [0.25, 0.3) is 22.4 Å². The number of aromatic nitrogens is 4. The van der Waals surface area contributed by atoms with Gasteiger partial charge in [0.05, 0.1) is 17.6 Å². The van der Waals surface area contributed by atoms with E-state index in [1.54, 1.807) is 0 Å². The monoisotopic (exact) mass is 643 g/mol. The molecular formula is C31H36F3N7O3S. The Balaban J connectivity index is 1.37. The molecule has 1 aliphatic carbocycles. The van der Waals surface area contributed by atoms with Gasteiger partial charge in [-0.05, 0) is 76.4 Å². The van der Waals surface area contributed by atoms with Crippen molar-refractivity contribution in [1.82, 2.24) is 24.4 Å². The summed E-state index contributed by atoms with van der Waals surface area (Å²) in [6, 6.07) is 8.82. The molecule has 0 aliphatic heterocycles. The first-order valence-corrected chi connectivity index (χ1v) is 16.5. The van der Waals surface area contributed by atoms with Crippen LogP contribution in [0.5, 0.6) is 0 Å². The summed E-state index contributed by atoms with van der Waals surface area (Å²) in [5.74, 6) is -1.50. The zero-order valence-electron chi connectivity index (χ0n) is 25.3. The molecule has 1 saturated carbocycles. The fourth-order valence-corrected chi connectivity index (χ4v) is 6.85. The van der Waals surface area contributed by atoms with Gasteiger partial charge in [0, 0.05) is 30.2 Å². The predicted octanol–water partition coefficient (Wildman–Crippen LogP) is 5.28. The first-order valence-electron chi connectivity index (χ1n) is 14.8. The SMILES string of the molecule is CC(C)n1c(=O)c(-c2ccc(NS(=O)(=O)Cc3ccc(F)cc3)c(F)c2)nc2cnc(NC3CCC(N(C)CCF)CC3)nc21. The molecule has 1 aliphatic rings. The maximum atomic E-state index is 15.2. The van der Waals surface area contributed by atoms with E-state index in [4.69, 9.17) is 0 Å². The number of rotatable bonds is 11. The molecule has 14 heteroatoms. The van der Waals surface area contributed by atoms with Crippen molar-refractivity contribution in [3.63, 3.8) is 0 Å². The van der Waals surface area contributed by atoms with Gasteiger partial charge in [0.2, 0.25) is 16.0 Å². The topological polar surface area (TPSA) is 122 Å². The summed E-state index contributed by atoms with van der Waals surface area (Å²) in [6.07, 6.45) is 5.12. The third-order valence-electron chi connectivity index (χ3n) is 8.02. The summed E-state index contributed by atoms with van der Waals surface area (Å²) in [5, 5.41) is 3.37. The van der Waals surface area contributed by atoms with Crippen molar-refractivity contribution in [3.05, 3.63) is 76.2 Å². The molecule has 1 fully saturated rings. The van der Waals surface area contributed by atoms with Gasteiger partial charge in [0.15, 0.2) is 5.65 Å². The number of alkyl halides is 1. The fraction of sp³-hybridized carbons (Fsp3) is 0.419. The fourth-order valence-electron chi connectivity index (χ4n) is 5.65. The van der Waals surface area contributed by atoms with Crippen LogP contribution in [-0.2, 0) is 15.8 Å². The number of fused-ring (bicyclic) bond motifs is 1. The number of benzene rings is 2. The number of hydrogen-bond donors (Lipinski definition) is 2. The summed E-state index contributed by atoms with van der Waals surface area (Å²) < 4.78 is 70.0. The van der Waals surface area contributed by atoms with Crippen LogP contribution < -0.4 is 15.6 Å². The second kappa shape index (κ2) is 13.5. The molecule has 2 heterocycles. The van der Waals surface area contributed by atoms with E-state index in [1.165, 1.54) is 35.0 Å². The Bertz CT molecular complexity index is 1830. The summed E-state index contributed by atoms with van der Waals surface area (Å²) in [5.41, 5.74) is 0.350. The minimum absolute atomic E-state index is 0.0316. The highest BCUT2D eigenvalue weighted by Crippen LogP contribution is 2.27. The van der Waals surface area contributed by atoms with Crippen LogP contribution >= 0.6 is 0 Å². The zero-order chi connectivity index (χ0) is 32.3. The average molecular weight is 644 g/mol. The molecule has 2 aromatic carbocycles. The van der Waals surface area contributed by atoms with Crippen LogP contribution in [-0.4, -0.2) is 65.2 Å². The second-order valence-electron chi connectivity index (χ2n) is 11.6. The molecule has 4 aromatic rings. The third-order valence-corrected chi connectivity index (χ3v) is 9.26. The molecule has 0 spiro atoms. The molecule has 5 rings (SSSR count). The Hall–Kier alpha value is -4.04. The van der Waals surface area contributed by atoms with Gasteiger partial charge in [-0.2, -0.15) is 4.98 Å². The molecule has 0 radical (unpaired) electrons. The van der Waals surface area contributed by atoms with E-state index in [0.717, 1.165) is 43.9 Å². The van der Waals surface area contributed by atoms with Gasteiger partial charge >= 0.3 is 0 Å². The van der Waals surface area contributed by atoms with Crippen LogP contribution in [0.3, 0.4) is 0 Å². The molecule has 10 nitrogen and oxygen atoms in total. The molecule has 0 bridgehead atoms. The molecule has 0 amide bonds. The highest BCUT2D eigenvalue weighted by molar-refractivity contribution is 7.91. The van der Waals surface area contributed by atoms with Crippen molar-refractivity contribution in [3.8, 4) is 11.3 Å². The van der Waals surface area contributed by atoms with E-state index in [1.807, 2.05) is 20.9 Å². The van der Waals surface area contributed by atoms with Crippen LogP contribution in [0.1, 0.15) is 51.1 Å². The van der Waals surface area contributed by atoms with E-state index in [0.29, 0.717) is 35.3 Å². The first-order chi connectivity index (χ1) is 21.4. The van der Waals surface area contributed by atoms with E-state index in [-0.39, 0.29) is 35.7 Å². The number of nitrogens with one attached hydrogen (secondary N) is 2. The van der Waals surface area contributed by atoms with E-state index < -0.39 is 33.0 Å². The van der Waals surface area contributed by atoms with Crippen molar-refractivity contribution in [1.29, 1.82) is 0 Å². The van der Waals surface area contributed by atoms with Crippen molar-refractivity contribution in [2.24, 2.45) is 0 Å². The Kier molecular flexibility index (Phi) is 9.73. The summed E-state index contributed by atoms with van der Waals surface area (Å²) in [4.78, 5) is 29.2.